The Morgan fingerprint density at radius 3 is 1.57 bits per heavy atom. The predicted molar refractivity (Wildman–Crippen MR) is 77.7 cm³/mol. The topological polar surface area (TPSA) is 43.7 Å². The predicted octanol–water partition coefficient (Wildman–Crippen LogP) is 2.78. The third kappa shape index (κ3) is 0.114. The molecule has 0 amide bonds. The molecule has 10 fully saturated rings. The van der Waals surface area contributed by atoms with Crippen LogP contribution >= 0.6 is 0 Å². The number of fused-ring (bicyclic) bond motifs is 10. The molecule has 0 aromatic heterocycles. The van der Waals surface area contributed by atoms with E-state index < -0.39 is 13.6 Å². The maximum atomic E-state index is 10.7. The van der Waals surface area contributed by atoms with Crippen LogP contribution in [0.2, 0.25) is 42.7 Å². The summed E-state index contributed by atoms with van der Waals surface area (Å²) in [5.41, 5.74) is 0. The molecule has 0 aromatic rings. The van der Waals surface area contributed by atoms with E-state index in [2.05, 4.69) is 32.6 Å². The minimum atomic E-state index is -3.66. The summed E-state index contributed by atoms with van der Waals surface area (Å²) in [6.07, 6.45) is 0. The second kappa shape index (κ2) is 0.888. The van der Waals surface area contributed by atoms with Crippen molar-refractivity contribution in [3.05, 3.63) is 0 Å². The molecule has 0 aliphatic carbocycles. The fraction of sp³-hybridized carbons (Fsp3) is 1.00. The van der Waals surface area contributed by atoms with Crippen molar-refractivity contribution in [2.75, 3.05) is 0 Å². The maximum absolute atomic E-state index is 10.7. The van der Waals surface area contributed by atoms with Crippen LogP contribution in [0.15, 0.2) is 0 Å². The number of hydrogen-bond acceptors (Lipinski definition) is 3. The zero-order valence-electron chi connectivity index (χ0n) is 13.0. The van der Waals surface area contributed by atoms with Gasteiger partial charge in [0, 0.05) is 0 Å². The van der Waals surface area contributed by atoms with E-state index in [9.17, 15) is 10.0 Å². The average molecular weight is 329 g/mol. The third-order valence-electron chi connectivity index (χ3n) is 16.8. The van der Waals surface area contributed by atoms with Gasteiger partial charge >= 0.3 is 116 Å². The summed E-state index contributed by atoms with van der Waals surface area (Å²) in [5, 5.41) is 21.4. The van der Waals surface area contributed by atoms with Crippen LogP contribution < -0.4 is 0 Å². The Balaban J connectivity index is 1.51. The van der Waals surface area contributed by atoms with Crippen molar-refractivity contribution >= 4 is 7.12 Å². The molecule has 10 saturated heterocycles. The molecule has 5 unspecified atom stereocenters. The van der Waals surface area contributed by atoms with Crippen LogP contribution in [0.3, 0.4) is 0 Å². The van der Waals surface area contributed by atoms with Crippen molar-refractivity contribution in [2.45, 2.75) is 87.0 Å². The molecule has 10 aliphatic rings. The van der Waals surface area contributed by atoms with Gasteiger partial charge in [-0.25, -0.2) is 0 Å². The molecule has 5 heteroatoms. The van der Waals surface area contributed by atoms with Crippen LogP contribution in [0.4, 0.5) is 0 Å². The van der Waals surface area contributed by atoms with Gasteiger partial charge < -0.3 is 0 Å². The van der Waals surface area contributed by atoms with Crippen molar-refractivity contribution in [1.29, 1.82) is 0 Å². The number of nitrogens with zero attached hydrogens (tertiary/aromatic N) is 1. The summed E-state index contributed by atoms with van der Waals surface area (Å²) in [6, 6.07) is 1.14. The standard InChI is InChI=1S/C11H19BNO2.C5H5.Fe/c1-8(2)13(9(3)4)11-7-5-6-10(11)12(14)15;1-2-4-5-3-1;/h5-9,14-15H,1-4H3;1-5H;. The quantitative estimate of drug-likeness (QED) is 0.780. The molecule has 21 heavy (non-hydrogen) atoms. The first-order chi connectivity index (χ1) is 9.65. The van der Waals surface area contributed by atoms with E-state index in [0.717, 1.165) is 38.5 Å². The van der Waals surface area contributed by atoms with Gasteiger partial charge in [0.25, 0.3) is 0 Å². The van der Waals surface area contributed by atoms with Crippen molar-refractivity contribution in [3.8, 4) is 0 Å². The van der Waals surface area contributed by atoms with E-state index in [0.29, 0.717) is 16.5 Å². The van der Waals surface area contributed by atoms with Crippen molar-refractivity contribution in [3.63, 3.8) is 0 Å². The molecule has 0 radical (unpaired) electrons. The summed E-state index contributed by atoms with van der Waals surface area (Å²) in [6.45, 7) is 5.80. The Hall–Kier alpha value is 0.464. The molecule has 116 valence electrons. The molecule has 10 rings (SSSR count). The molecule has 0 aromatic carbocycles. The van der Waals surface area contributed by atoms with Crippen molar-refractivity contribution < 1.29 is 16.6 Å². The second-order valence-corrected chi connectivity index (χ2v) is 36.0. The third-order valence-corrected chi connectivity index (χ3v) is 59.6. The Kier molecular flexibility index (Phi) is 0.409. The number of hydrogen-bond donors (Lipinski definition) is 2. The molecule has 10 aliphatic heterocycles. The zero-order chi connectivity index (χ0) is 14.2. The van der Waals surface area contributed by atoms with Gasteiger partial charge in [0.2, 0.25) is 0 Å². The molecule has 0 saturated carbocycles. The van der Waals surface area contributed by atoms with Gasteiger partial charge in [-0.3, -0.25) is 0 Å². The molecular weight excluding hydrogens is 305 g/mol. The van der Waals surface area contributed by atoms with Gasteiger partial charge in [-0.2, -0.15) is 0 Å². The Bertz CT molecular complexity index is 1060. The van der Waals surface area contributed by atoms with Crippen LogP contribution in [0.25, 0.3) is 0 Å². The molecule has 10 heterocycles. The Morgan fingerprint density at radius 2 is 1.33 bits per heavy atom. The van der Waals surface area contributed by atoms with E-state index >= 15 is 0 Å². The Morgan fingerprint density at radius 1 is 0.857 bits per heavy atom. The van der Waals surface area contributed by atoms with Gasteiger partial charge in [-0.15, -0.1) is 0 Å². The summed E-state index contributed by atoms with van der Waals surface area (Å²) in [5.74, 6) is 0. The van der Waals surface area contributed by atoms with Crippen LogP contribution in [-0.4, -0.2) is 38.6 Å². The first-order valence-corrected chi connectivity index (χ1v) is 15.2. The SMILES string of the molecule is CC(C)N(C(C)C)[C]12[CH]3[CH]4[CH]5[C]1(B(O)O)[Fe]45321678[CH]2[CH]1[CH]6[CH]7[CH]28. The Labute approximate surface area is 115 Å². The molecule has 2 N–H and O–H groups in total. The summed E-state index contributed by atoms with van der Waals surface area (Å²) >= 11 is 0. The molecule has 1 spiro atoms. The molecule has 5 atom stereocenters. The van der Waals surface area contributed by atoms with E-state index in [4.69, 9.17) is 0 Å². The monoisotopic (exact) mass is 329 g/mol. The van der Waals surface area contributed by atoms with E-state index in [1.165, 1.54) is 0 Å². The molecule has 3 nitrogen and oxygen atoms in total. The normalized spacial score (nSPS) is 103. The first kappa shape index (κ1) is 9.69. The summed E-state index contributed by atoms with van der Waals surface area (Å²) in [4.78, 5) is 11.6. The van der Waals surface area contributed by atoms with E-state index in [1.54, 1.807) is 0 Å². The fourth-order valence-electron chi connectivity index (χ4n) is 19.4. The van der Waals surface area contributed by atoms with Crippen LogP contribution in [0.1, 0.15) is 27.7 Å². The van der Waals surface area contributed by atoms with Crippen LogP contribution in [0, 0.1) is 0 Å². The number of rotatable bonds is 4. The van der Waals surface area contributed by atoms with Gasteiger partial charge in [0.1, 0.15) is 0 Å². The molecule has 0 bridgehead atoms. The van der Waals surface area contributed by atoms with Gasteiger partial charge in [0.15, 0.2) is 0 Å². The summed E-state index contributed by atoms with van der Waals surface area (Å²) < 4.78 is 0.517. The van der Waals surface area contributed by atoms with E-state index in [-0.39, 0.29) is 4.21 Å². The van der Waals surface area contributed by atoms with Gasteiger partial charge in [-0.1, -0.05) is 0 Å². The van der Waals surface area contributed by atoms with Gasteiger partial charge in [0.05, 0.1) is 0 Å². The second-order valence-electron chi connectivity index (χ2n) is 12.7. The first-order valence-electron chi connectivity index (χ1n) is 9.00. The fourth-order valence-corrected chi connectivity index (χ4v) is 95.6. The minimum absolute atomic E-state index is 0.112. The van der Waals surface area contributed by atoms with Gasteiger partial charge in [-0.05, 0) is 0 Å². The zero-order valence-corrected chi connectivity index (χ0v) is 14.2. The van der Waals surface area contributed by atoms with Crippen molar-refractivity contribution in [2.24, 2.45) is 0 Å². The van der Waals surface area contributed by atoms with E-state index in [1.807, 2.05) is 0 Å². The van der Waals surface area contributed by atoms with Crippen LogP contribution in [0.5, 0.6) is 0 Å². The van der Waals surface area contributed by atoms with Crippen LogP contribution in [-0.2, 0) is 6.51 Å². The summed E-state index contributed by atoms with van der Waals surface area (Å²) in [7, 11) is -0.971. The molecular formula is C16H24BFeNO2. The van der Waals surface area contributed by atoms with Crippen molar-refractivity contribution in [1.82, 2.24) is 4.90 Å². The average Bonchev–Trinajstić information content (AvgIpc) is 3.32.